The largest absolute Gasteiger partial charge is 0.486 e. The minimum absolute atomic E-state index is 0.0429. The summed E-state index contributed by atoms with van der Waals surface area (Å²) in [5, 5.41) is 10.4. The second-order valence-corrected chi connectivity index (χ2v) is 10.6. The fourth-order valence-corrected chi connectivity index (χ4v) is 4.44. The van der Waals surface area contributed by atoms with E-state index in [4.69, 9.17) is 9.72 Å². The fraction of sp³-hybridized carbons (Fsp3) is 0.321. The monoisotopic (exact) mass is 552 g/mol. The zero-order chi connectivity index (χ0) is 26.2. The molecule has 3 aromatic rings. The average molecular weight is 553 g/mol. The molecule has 0 saturated carbocycles. The molecule has 0 radical (unpaired) electrons. The molecule has 0 unspecified atom stereocenters. The highest BCUT2D eigenvalue weighted by atomic mass is 79.9. The Labute approximate surface area is 219 Å². The second kappa shape index (κ2) is 10.1. The molecule has 36 heavy (non-hydrogen) atoms. The van der Waals surface area contributed by atoms with E-state index >= 15 is 0 Å². The highest BCUT2D eigenvalue weighted by Crippen LogP contribution is 2.34. The smallest absolute Gasteiger partial charge is 0.148 e. The molecule has 4 rings (SSSR count). The van der Waals surface area contributed by atoms with Crippen LogP contribution >= 0.6 is 15.9 Å². The molecule has 0 spiro atoms. The van der Waals surface area contributed by atoms with Gasteiger partial charge in [-0.2, -0.15) is 0 Å². The van der Waals surface area contributed by atoms with E-state index in [-0.39, 0.29) is 18.1 Å². The van der Waals surface area contributed by atoms with E-state index in [1.165, 1.54) is 6.07 Å². The van der Waals surface area contributed by atoms with Crippen molar-refractivity contribution in [1.29, 1.82) is 0 Å². The zero-order valence-electron chi connectivity index (χ0n) is 21.4. The van der Waals surface area contributed by atoms with Gasteiger partial charge >= 0.3 is 0 Å². The molecule has 1 N–H and O–H groups in total. The van der Waals surface area contributed by atoms with Crippen LogP contribution in [-0.2, 0) is 16.9 Å². The van der Waals surface area contributed by atoms with Crippen LogP contribution < -0.4 is 4.90 Å². The maximum absolute atomic E-state index is 14.2. The molecule has 4 heterocycles. The van der Waals surface area contributed by atoms with E-state index in [1.807, 2.05) is 51.2 Å². The van der Waals surface area contributed by atoms with Gasteiger partial charge in [0.05, 0.1) is 28.1 Å². The molecule has 6 nitrogen and oxygen atoms in total. The summed E-state index contributed by atoms with van der Waals surface area (Å²) in [4.78, 5) is 15.7. The summed E-state index contributed by atoms with van der Waals surface area (Å²) >= 11 is 3.65. The molecule has 0 bridgehead atoms. The summed E-state index contributed by atoms with van der Waals surface area (Å²) in [6.07, 6.45) is 5.40. The number of aryl methyl sites for hydroxylation is 3. The third kappa shape index (κ3) is 5.50. The van der Waals surface area contributed by atoms with Crippen LogP contribution in [0.3, 0.4) is 0 Å². The van der Waals surface area contributed by atoms with Crippen molar-refractivity contribution in [3.05, 3.63) is 92.6 Å². The Morgan fingerprint density at radius 3 is 2.53 bits per heavy atom. The predicted molar refractivity (Wildman–Crippen MR) is 143 cm³/mol. The van der Waals surface area contributed by atoms with Gasteiger partial charge < -0.3 is 14.7 Å². The van der Waals surface area contributed by atoms with E-state index < -0.39 is 5.60 Å². The van der Waals surface area contributed by atoms with Gasteiger partial charge in [0.1, 0.15) is 29.5 Å². The molecule has 0 aromatic carbocycles. The third-order valence-electron chi connectivity index (χ3n) is 6.08. The molecular formula is C28H30BrFN4O2. The van der Waals surface area contributed by atoms with Crippen molar-refractivity contribution in [2.45, 2.75) is 53.8 Å². The molecule has 1 aliphatic rings. The molecule has 8 heteroatoms. The second-order valence-electron chi connectivity index (χ2n) is 9.65. The zero-order valence-corrected chi connectivity index (χ0v) is 22.9. The van der Waals surface area contributed by atoms with Crippen molar-refractivity contribution in [2.24, 2.45) is 0 Å². The molecule has 3 aromatic heterocycles. The standard InChI is InChI=1S/C28H30BrFN4O2/c1-16-9-21(30)23(31-12-16)15-36-25-10-19(4)34(14-20(25)29)24-11-22(32-13-18(24)3)27-17(2)7-8-26(33-27)28(5,6)35/h7-13,35H,14-15H2,1-6H3. The number of rotatable bonds is 6. The van der Waals surface area contributed by atoms with Crippen LogP contribution in [0.15, 0.2) is 58.7 Å². The van der Waals surface area contributed by atoms with Crippen LogP contribution in [0.2, 0.25) is 0 Å². The number of aromatic nitrogens is 3. The molecular weight excluding hydrogens is 523 g/mol. The van der Waals surface area contributed by atoms with Crippen LogP contribution in [0, 0.1) is 26.6 Å². The van der Waals surface area contributed by atoms with Crippen molar-refractivity contribution in [2.75, 3.05) is 11.4 Å². The van der Waals surface area contributed by atoms with Gasteiger partial charge in [-0.25, -0.2) is 9.37 Å². The lowest BCUT2D eigenvalue weighted by Gasteiger charge is -2.31. The number of pyridine rings is 3. The van der Waals surface area contributed by atoms with Crippen molar-refractivity contribution in [3.63, 3.8) is 0 Å². The van der Waals surface area contributed by atoms with Crippen molar-refractivity contribution >= 4 is 21.6 Å². The highest BCUT2D eigenvalue weighted by molar-refractivity contribution is 9.11. The summed E-state index contributed by atoms with van der Waals surface area (Å²) in [5.41, 5.74) is 6.00. The molecule has 1 aliphatic heterocycles. The summed E-state index contributed by atoms with van der Waals surface area (Å²) in [6.45, 7) is 11.8. The van der Waals surface area contributed by atoms with Gasteiger partial charge in [-0.3, -0.25) is 9.97 Å². The predicted octanol–water partition coefficient (Wildman–Crippen LogP) is 6.38. The van der Waals surface area contributed by atoms with E-state index in [1.54, 1.807) is 27.0 Å². The summed E-state index contributed by atoms with van der Waals surface area (Å²) in [5.74, 6) is 0.273. The first kappa shape index (κ1) is 26.0. The van der Waals surface area contributed by atoms with E-state index in [2.05, 4.69) is 30.8 Å². The normalized spacial score (nSPS) is 14.2. The molecule has 0 amide bonds. The molecule has 0 saturated heterocycles. The number of ether oxygens (including phenoxy) is 1. The van der Waals surface area contributed by atoms with E-state index in [0.717, 1.165) is 43.9 Å². The number of anilines is 1. The summed E-state index contributed by atoms with van der Waals surface area (Å²) < 4.78 is 20.9. The summed E-state index contributed by atoms with van der Waals surface area (Å²) in [7, 11) is 0. The minimum Gasteiger partial charge on any atom is -0.486 e. The highest BCUT2D eigenvalue weighted by Gasteiger charge is 2.23. The van der Waals surface area contributed by atoms with Gasteiger partial charge in [0, 0.05) is 29.9 Å². The molecule has 0 fully saturated rings. The Kier molecular flexibility index (Phi) is 7.29. The topological polar surface area (TPSA) is 71.4 Å². The lowest BCUT2D eigenvalue weighted by molar-refractivity contribution is 0.0739. The Hall–Kier alpha value is -3.10. The Morgan fingerprint density at radius 1 is 1.08 bits per heavy atom. The average Bonchev–Trinajstić information content (AvgIpc) is 2.80. The van der Waals surface area contributed by atoms with Gasteiger partial charge in [0.15, 0.2) is 0 Å². The number of halogens is 2. The number of nitrogens with zero attached hydrogens (tertiary/aromatic N) is 4. The SMILES string of the molecule is CC1=CC(OCc2ncc(C)cc2F)=C(Br)CN1c1cc(-c2nc(C(C)(C)O)ccc2C)ncc1C. The number of aliphatic hydroxyl groups is 1. The van der Waals surface area contributed by atoms with Gasteiger partial charge in [-0.05, 0) is 92.4 Å². The maximum atomic E-state index is 14.2. The fourth-order valence-electron chi connectivity index (χ4n) is 3.96. The van der Waals surface area contributed by atoms with Crippen molar-refractivity contribution in [1.82, 2.24) is 15.0 Å². The van der Waals surface area contributed by atoms with Gasteiger partial charge in [0.25, 0.3) is 0 Å². The van der Waals surface area contributed by atoms with Crippen molar-refractivity contribution in [3.8, 4) is 11.4 Å². The Bertz CT molecular complexity index is 1380. The van der Waals surface area contributed by atoms with E-state index in [9.17, 15) is 9.50 Å². The van der Waals surface area contributed by atoms with Crippen LogP contribution in [0.4, 0.5) is 10.1 Å². The quantitative estimate of drug-likeness (QED) is 0.382. The van der Waals surface area contributed by atoms with Crippen molar-refractivity contribution < 1.29 is 14.2 Å². The van der Waals surface area contributed by atoms with Crippen LogP contribution in [-0.4, -0.2) is 26.6 Å². The van der Waals surface area contributed by atoms with E-state index in [0.29, 0.717) is 18.0 Å². The first-order chi connectivity index (χ1) is 16.9. The number of hydrogen-bond acceptors (Lipinski definition) is 6. The third-order valence-corrected chi connectivity index (χ3v) is 6.72. The lowest BCUT2D eigenvalue weighted by Crippen LogP contribution is -2.27. The Morgan fingerprint density at radius 2 is 1.83 bits per heavy atom. The lowest BCUT2D eigenvalue weighted by atomic mass is 10.0. The Balaban J connectivity index is 1.61. The van der Waals surface area contributed by atoms with Crippen LogP contribution in [0.25, 0.3) is 11.4 Å². The molecule has 188 valence electrons. The number of allylic oxidation sites excluding steroid dienone is 2. The molecule has 0 aliphatic carbocycles. The first-order valence-electron chi connectivity index (χ1n) is 11.7. The maximum Gasteiger partial charge on any atom is 0.148 e. The van der Waals surface area contributed by atoms with Crippen LogP contribution in [0.5, 0.6) is 0 Å². The van der Waals surface area contributed by atoms with Gasteiger partial charge in [-0.1, -0.05) is 6.07 Å². The number of hydrogen-bond donors (Lipinski definition) is 1. The minimum atomic E-state index is -1.05. The van der Waals surface area contributed by atoms with Gasteiger partial charge in [0.2, 0.25) is 0 Å². The first-order valence-corrected chi connectivity index (χ1v) is 12.5. The van der Waals surface area contributed by atoms with Gasteiger partial charge in [-0.15, -0.1) is 0 Å². The van der Waals surface area contributed by atoms with Crippen LogP contribution in [0.1, 0.15) is 48.8 Å². The summed E-state index contributed by atoms with van der Waals surface area (Å²) in [6, 6.07) is 7.27. The molecule has 0 atom stereocenters.